The number of benzene rings is 1. The van der Waals surface area contributed by atoms with Crippen LogP contribution < -0.4 is 11.1 Å². The van der Waals surface area contributed by atoms with Gasteiger partial charge in [-0.25, -0.2) is 17.2 Å². The fourth-order valence-electron chi connectivity index (χ4n) is 3.43. The van der Waals surface area contributed by atoms with Gasteiger partial charge in [0.25, 0.3) is 0 Å². The van der Waals surface area contributed by atoms with Gasteiger partial charge in [-0.15, -0.1) is 12.4 Å². The normalized spacial score (nSPS) is 17.4. The van der Waals surface area contributed by atoms with Crippen molar-refractivity contribution in [3.8, 4) is 0 Å². The summed E-state index contributed by atoms with van der Waals surface area (Å²) < 4.78 is 50.8. The van der Waals surface area contributed by atoms with E-state index in [9.17, 15) is 22.0 Å². The summed E-state index contributed by atoms with van der Waals surface area (Å²) in [7, 11) is -3.21. The number of nitrogens with two attached hydrogens (primary N) is 1. The van der Waals surface area contributed by atoms with E-state index in [1.807, 2.05) is 0 Å². The highest BCUT2D eigenvalue weighted by molar-refractivity contribution is 7.90. The van der Waals surface area contributed by atoms with Crippen LogP contribution in [0.5, 0.6) is 0 Å². The minimum Gasteiger partial charge on any atom is -0.354 e. The Morgan fingerprint density at radius 2 is 1.81 bits per heavy atom. The van der Waals surface area contributed by atoms with Crippen LogP contribution in [0.2, 0.25) is 0 Å². The Balaban J connectivity index is 0.00000338. The average molecular weight is 411 g/mol. The van der Waals surface area contributed by atoms with Crippen molar-refractivity contribution >= 4 is 28.2 Å². The van der Waals surface area contributed by atoms with Crippen molar-refractivity contribution in [3.05, 3.63) is 35.4 Å². The topological polar surface area (TPSA) is 89.3 Å². The van der Waals surface area contributed by atoms with Gasteiger partial charge in [-0.1, -0.05) is 18.9 Å². The third kappa shape index (κ3) is 5.62. The Labute approximate surface area is 159 Å². The van der Waals surface area contributed by atoms with Crippen molar-refractivity contribution < 1.29 is 22.0 Å². The lowest BCUT2D eigenvalue weighted by Gasteiger charge is -2.31. The molecule has 0 bridgehead atoms. The van der Waals surface area contributed by atoms with Gasteiger partial charge < -0.3 is 11.1 Å². The average Bonchev–Trinajstić information content (AvgIpc) is 2.99. The zero-order valence-corrected chi connectivity index (χ0v) is 16.3. The third-order valence-electron chi connectivity index (χ3n) is 4.79. The lowest BCUT2D eigenvalue weighted by Crippen LogP contribution is -2.47. The van der Waals surface area contributed by atoms with Gasteiger partial charge in [0.1, 0.15) is 21.5 Å². The maximum absolute atomic E-state index is 14.2. The highest BCUT2D eigenvalue weighted by Gasteiger charge is 2.40. The van der Waals surface area contributed by atoms with Gasteiger partial charge in [0, 0.05) is 23.8 Å². The Hall–Kier alpha value is -1.25. The van der Waals surface area contributed by atoms with E-state index in [-0.39, 0.29) is 36.7 Å². The molecule has 0 radical (unpaired) electrons. The largest absolute Gasteiger partial charge is 0.354 e. The van der Waals surface area contributed by atoms with E-state index in [1.54, 1.807) is 0 Å². The summed E-state index contributed by atoms with van der Waals surface area (Å²) in [6, 6.07) is 2.78. The lowest BCUT2D eigenvalue weighted by molar-refractivity contribution is -0.122. The van der Waals surface area contributed by atoms with E-state index in [2.05, 4.69) is 5.32 Å². The molecule has 1 atom stereocenters. The van der Waals surface area contributed by atoms with Gasteiger partial charge in [-0.2, -0.15) is 0 Å². The quantitative estimate of drug-likeness (QED) is 0.720. The Morgan fingerprint density at radius 1 is 1.27 bits per heavy atom. The zero-order valence-electron chi connectivity index (χ0n) is 14.6. The van der Waals surface area contributed by atoms with Gasteiger partial charge in [0.05, 0.1) is 11.8 Å². The number of hydrogen-bond acceptors (Lipinski definition) is 4. The number of carbonyl (C=O) groups excluding carboxylic acids is 1. The molecule has 0 saturated heterocycles. The van der Waals surface area contributed by atoms with Crippen LogP contribution in [0.1, 0.15) is 37.7 Å². The van der Waals surface area contributed by atoms with Crippen LogP contribution in [0.3, 0.4) is 0 Å². The monoisotopic (exact) mass is 410 g/mol. The standard InChI is InChI=1S/C17H24F2N2O3S.ClH/c1-25(23,24)10-7-14(20)16(22)21-11-17(8-2-3-9-17)15-12(18)5-4-6-13(15)19;/h4-6,14H,2-3,7-11,20H2,1H3,(H,21,22);1H. The molecule has 0 aliphatic heterocycles. The first-order chi connectivity index (χ1) is 11.6. The van der Waals surface area contributed by atoms with Crippen LogP contribution in [0.4, 0.5) is 8.78 Å². The molecule has 5 nitrogen and oxygen atoms in total. The highest BCUT2D eigenvalue weighted by Crippen LogP contribution is 2.42. The van der Waals surface area contributed by atoms with Crippen LogP contribution >= 0.6 is 12.4 Å². The van der Waals surface area contributed by atoms with E-state index >= 15 is 0 Å². The maximum Gasteiger partial charge on any atom is 0.236 e. The first kappa shape index (κ1) is 22.8. The minimum atomic E-state index is -3.21. The highest BCUT2D eigenvalue weighted by atomic mass is 35.5. The van der Waals surface area contributed by atoms with Crippen molar-refractivity contribution in [2.24, 2.45) is 5.73 Å². The van der Waals surface area contributed by atoms with Crippen molar-refractivity contribution in [1.29, 1.82) is 0 Å². The van der Waals surface area contributed by atoms with Crippen LogP contribution in [0, 0.1) is 11.6 Å². The molecule has 1 unspecified atom stereocenters. The van der Waals surface area contributed by atoms with Crippen molar-refractivity contribution in [3.63, 3.8) is 0 Å². The number of rotatable bonds is 7. The van der Waals surface area contributed by atoms with E-state index in [0.717, 1.165) is 19.1 Å². The fourth-order valence-corrected chi connectivity index (χ4v) is 4.11. The molecule has 0 heterocycles. The van der Waals surface area contributed by atoms with Crippen LogP contribution in [0.15, 0.2) is 18.2 Å². The lowest BCUT2D eigenvalue weighted by atomic mass is 9.78. The molecule has 3 N–H and O–H groups in total. The molecule has 1 aromatic rings. The van der Waals surface area contributed by atoms with Gasteiger partial charge in [-0.3, -0.25) is 4.79 Å². The van der Waals surface area contributed by atoms with E-state index in [0.29, 0.717) is 12.8 Å². The second-order valence-electron chi connectivity index (χ2n) is 6.83. The minimum absolute atomic E-state index is 0. The van der Waals surface area contributed by atoms with Crippen LogP contribution in [0.25, 0.3) is 0 Å². The third-order valence-corrected chi connectivity index (χ3v) is 5.77. The molecule has 2 rings (SSSR count). The summed E-state index contributed by atoms with van der Waals surface area (Å²) in [6.45, 7) is 0.0796. The predicted molar refractivity (Wildman–Crippen MR) is 99.1 cm³/mol. The molecule has 9 heteroatoms. The second kappa shape index (κ2) is 9.10. The van der Waals surface area contributed by atoms with Crippen molar-refractivity contribution in [1.82, 2.24) is 5.32 Å². The molecule has 1 fully saturated rings. The van der Waals surface area contributed by atoms with Gasteiger partial charge in [-0.05, 0) is 31.4 Å². The molecule has 0 aromatic heterocycles. The Bertz CT molecular complexity index is 717. The van der Waals surface area contributed by atoms with Gasteiger partial charge in [0.2, 0.25) is 5.91 Å². The smallest absolute Gasteiger partial charge is 0.236 e. The number of hydrogen-bond donors (Lipinski definition) is 2. The first-order valence-corrected chi connectivity index (χ1v) is 10.4. The van der Waals surface area contributed by atoms with Crippen molar-refractivity contribution in [2.75, 3.05) is 18.6 Å². The SMILES string of the molecule is CS(=O)(=O)CCC(N)C(=O)NCC1(c2c(F)cccc2F)CCCC1.Cl. The molecule has 1 aromatic carbocycles. The van der Waals surface area contributed by atoms with Gasteiger partial charge >= 0.3 is 0 Å². The molecule has 148 valence electrons. The summed E-state index contributed by atoms with van der Waals surface area (Å²) >= 11 is 0. The second-order valence-corrected chi connectivity index (χ2v) is 9.09. The Kier molecular flexibility index (Phi) is 7.98. The molecule has 1 amide bonds. The van der Waals surface area contributed by atoms with E-state index in [1.165, 1.54) is 18.2 Å². The summed E-state index contributed by atoms with van der Waals surface area (Å²) in [5.74, 6) is -1.92. The number of amides is 1. The number of halogens is 3. The van der Waals surface area contributed by atoms with Crippen molar-refractivity contribution in [2.45, 2.75) is 43.6 Å². The van der Waals surface area contributed by atoms with E-state index < -0.39 is 38.8 Å². The maximum atomic E-state index is 14.2. The van der Waals surface area contributed by atoms with E-state index in [4.69, 9.17) is 5.73 Å². The summed E-state index contributed by atoms with van der Waals surface area (Å²) in [4.78, 5) is 12.1. The molecule has 1 aliphatic rings. The zero-order chi connectivity index (χ0) is 18.7. The van der Waals surface area contributed by atoms with Crippen LogP contribution in [-0.2, 0) is 20.0 Å². The summed E-state index contributed by atoms with van der Waals surface area (Å²) in [5, 5.41) is 2.66. The number of carbonyl (C=O) groups is 1. The number of nitrogens with one attached hydrogen (secondary N) is 1. The van der Waals surface area contributed by atoms with Crippen LogP contribution in [-0.4, -0.2) is 38.9 Å². The predicted octanol–water partition coefficient (Wildman–Crippen LogP) is 2.08. The first-order valence-electron chi connectivity index (χ1n) is 8.30. The fraction of sp³-hybridized carbons (Fsp3) is 0.588. The number of sulfone groups is 1. The molecular weight excluding hydrogens is 386 g/mol. The van der Waals surface area contributed by atoms with Gasteiger partial charge in [0.15, 0.2) is 0 Å². The molecule has 0 spiro atoms. The molecule has 1 saturated carbocycles. The molecule has 1 aliphatic carbocycles. The molecular formula is C17H25ClF2N2O3S. The summed E-state index contributed by atoms with van der Waals surface area (Å²) in [6.07, 6.45) is 3.87. The molecule has 26 heavy (non-hydrogen) atoms. The Morgan fingerprint density at radius 3 is 2.31 bits per heavy atom. The summed E-state index contributed by atoms with van der Waals surface area (Å²) in [5.41, 5.74) is 4.95.